The molecule has 0 aromatic carbocycles. The van der Waals surface area contributed by atoms with Crippen LogP contribution in [-0.2, 0) is 28.7 Å². The highest BCUT2D eigenvalue weighted by molar-refractivity contribution is 5.99. The SMILES string of the molecule is CC(NC(=O)c1ccnc(-c2cc(C(=O)NC(C)C(=O)N(C)OC3CCCCO3)ccn2)c1)C(=O)N(C)OC1CCCCO1. The van der Waals surface area contributed by atoms with Gasteiger partial charge in [-0.3, -0.25) is 29.1 Å². The third kappa shape index (κ3) is 9.02. The lowest BCUT2D eigenvalue weighted by Crippen LogP contribution is -2.47. The number of hydroxylamine groups is 4. The van der Waals surface area contributed by atoms with E-state index in [1.807, 2.05) is 0 Å². The Balaban J connectivity index is 1.34. The molecule has 0 saturated carbocycles. The lowest BCUT2D eigenvalue weighted by Gasteiger charge is -2.28. The normalized spacial score (nSPS) is 19.7. The molecule has 4 rings (SSSR count). The first kappa shape index (κ1) is 32.9. The van der Waals surface area contributed by atoms with Gasteiger partial charge in [-0.05, 0) is 63.8 Å². The minimum atomic E-state index is -0.873. The van der Waals surface area contributed by atoms with E-state index in [-0.39, 0.29) is 11.1 Å². The van der Waals surface area contributed by atoms with Gasteiger partial charge in [0, 0.05) is 63.7 Å². The zero-order chi connectivity index (χ0) is 31.6. The van der Waals surface area contributed by atoms with Crippen LogP contribution in [0.15, 0.2) is 36.7 Å². The molecule has 2 aromatic rings. The van der Waals surface area contributed by atoms with Crippen molar-refractivity contribution in [3.05, 3.63) is 47.8 Å². The molecule has 14 nitrogen and oxygen atoms in total. The van der Waals surface area contributed by atoms with Gasteiger partial charge in [0.25, 0.3) is 23.6 Å². The monoisotopic (exact) mass is 612 g/mol. The number of nitrogens with one attached hydrogen (secondary N) is 2. The molecule has 238 valence electrons. The number of hydrogen-bond donors (Lipinski definition) is 2. The fraction of sp³-hybridized carbons (Fsp3) is 0.533. The van der Waals surface area contributed by atoms with Crippen LogP contribution in [0, 0.1) is 0 Å². The van der Waals surface area contributed by atoms with Crippen LogP contribution in [-0.4, -0.2) is 95.7 Å². The summed E-state index contributed by atoms with van der Waals surface area (Å²) in [6, 6.07) is 4.29. The summed E-state index contributed by atoms with van der Waals surface area (Å²) in [5.41, 5.74) is 1.17. The van der Waals surface area contributed by atoms with Gasteiger partial charge in [-0.15, -0.1) is 0 Å². The third-order valence-corrected chi connectivity index (χ3v) is 7.19. The summed E-state index contributed by atoms with van der Waals surface area (Å²) < 4.78 is 11.0. The van der Waals surface area contributed by atoms with Crippen molar-refractivity contribution in [2.75, 3.05) is 27.3 Å². The second kappa shape index (κ2) is 15.7. The van der Waals surface area contributed by atoms with Crippen LogP contribution in [0.3, 0.4) is 0 Å². The smallest absolute Gasteiger partial charge is 0.268 e. The predicted octanol–water partition coefficient (Wildman–Crippen LogP) is 2.21. The fourth-order valence-electron chi connectivity index (χ4n) is 4.70. The average Bonchev–Trinajstić information content (AvgIpc) is 3.04. The van der Waals surface area contributed by atoms with E-state index in [1.165, 1.54) is 50.8 Å². The number of pyridine rings is 2. The van der Waals surface area contributed by atoms with Gasteiger partial charge < -0.3 is 20.1 Å². The maximum absolute atomic E-state index is 13.0. The number of amides is 4. The van der Waals surface area contributed by atoms with Crippen LogP contribution in [0.25, 0.3) is 11.4 Å². The van der Waals surface area contributed by atoms with Gasteiger partial charge in [0.1, 0.15) is 12.1 Å². The summed E-state index contributed by atoms with van der Waals surface area (Å²) in [5, 5.41) is 7.52. The van der Waals surface area contributed by atoms with Crippen LogP contribution in [0.5, 0.6) is 0 Å². The summed E-state index contributed by atoms with van der Waals surface area (Å²) in [5.74, 6) is -1.86. The van der Waals surface area contributed by atoms with Crippen molar-refractivity contribution in [3.63, 3.8) is 0 Å². The average molecular weight is 613 g/mol. The van der Waals surface area contributed by atoms with Gasteiger partial charge in [-0.2, -0.15) is 0 Å². The second-order valence-corrected chi connectivity index (χ2v) is 10.7. The number of hydrogen-bond acceptors (Lipinski definition) is 10. The Bertz CT molecular complexity index is 1210. The van der Waals surface area contributed by atoms with E-state index < -0.39 is 48.3 Å². The maximum atomic E-state index is 13.0. The van der Waals surface area contributed by atoms with E-state index >= 15 is 0 Å². The molecule has 0 bridgehead atoms. The molecule has 2 aliphatic rings. The molecule has 2 fully saturated rings. The Labute approximate surface area is 256 Å². The molecule has 2 saturated heterocycles. The second-order valence-electron chi connectivity index (χ2n) is 10.7. The summed E-state index contributed by atoms with van der Waals surface area (Å²) >= 11 is 0. The molecule has 0 spiro atoms. The molecular weight excluding hydrogens is 572 g/mol. The predicted molar refractivity (Wildman–Crippen MR) is 156 cm³/mol. The third-order valence-electron chi connectivity index (χ3n) is 7.19. The highest BCUT2D eigenvalue weighted by Crippen LogP contribution is 2.19. The molecule has 2 N–H and O–H groups in total. The number of nitrogens with zero attached hydrogens (tertiary/aromatic N) is 4. The Hall–Kier alpha value is -3.98. The molecule has 4 atom stereocenters. The first-order valence-corrected chi connectivity index (χ1v) is 14.8. The first-order valence-electron chi connectivity index (χ1n) is 14.8. The molecule has 0 aliphatic carbocycles. The lowest BCUT2D eigenvalue weighted by molar-refractivity contribution is -0.272. The van der Waals surface area contributed by atoms with E-state index in [2.05, 4.69) is 20.6 Å². The summed E-state index contributed by atoms with van der Waals surface area (Å²) in [6.07, 6.45) is 7.08. The van der Waals surface area contributed by atoms with Crippen molar-refractivity contribution in [2.24, 2.45) is 0 Å². The summed E-state index contributed by atoms with van der Waals surface area (Å²) in [4.78, 5) is 71.2. The number of carbonyl (C=O) groups is 4. The highest BCUT2D eigenvalue weighted by Gasteiger charge is 2.26. The Morgan fingerprint density at radius 3 is 1.52 bits per heavy atom. The minimum absolute atomic E-state index is 0.245. The number of aromatic nitrogens is 2. The van der Waals surface area contributed by atoms with Gasteiger partial charge in [-0.25, -0.2) is 19.8 Å². The maximum Gasteiger partial charge on any atom is 0.268 e. The van der Waals surface area contributed by atoms with Crippen molar-refractivity contribution in [1.82, 2.24) is 30.7 Å². The van der Waals surface area contributed by atoms with Crippen molar-refractivity contribution >= 4 is 23.6 Å². The molecule has 4 heterocycles. The van der Waals surface area contributed by atoms with Crippen molar-refractivity contribution in [1.29, 1.82) is 0 Å². The quantitative estimate of drug-likeness (QED) is 0.360. The van der Waals surface area contributed by atoms with Gasteiger partial charge in [0.15, 0.2) is 12.6 Å². The number of likely N-dealkylation sites (N-methyl/N-ethyl adjacent to an activating group) is 2. The summed E-state index contributed by atoms with van der Waals surface area (Å²) in [7, 11) is 2.97. The van der Waals surface area contributed by atoms with Crippen LogP contribution in [0.2, 0.25) is 0 Å². The molecular formula is C30H40N6O8. The number of rotatable bonds is 11. The fourth-order valence-corrected chi connectivity index (χ4v) is 4.70. The molecule has 44 heavy (non-hydrogen) atoms. The van der Waals surface area contributed by atoms with Gasteiger partial charge in [0.2, 0.25) is 0 Å². The van der Waals surface area contributed by atoms with Crippen LogP contribution < -0.4 is 10.6 Å². The Morgan fingerprint density at radius 2 is 1.16 bits per heavy atom. The summed E-state index contributed by atoms with van der Waals surface area (Å²) in [6.45, 7) is 4.28. The molecule has 4 amide bonds. The van der Waals surface area contributed by atoms with Crippen molar-refractivity contribution < 1.29 is 38.3 Å². The van der Waals surface area contributed by atoms with E-state index in [9.17, 15) is 19.2 Å². The van der Waals surface area contributed by atoms with Gasteiger partial charge in [0.05, 0.1) is 11.4 Å². The van der Waals surface area contributed by atoms with Crippen LogP contribution in [0.1, 0.15) is 73.1 Å². The van der Waals surface area contributed by atoms with E-state index in [4.69, 9.17) is 19.1 Å². The van der Waals surface area contributed by atoms with Crippen molar-refractivity contribution in [2.45, 2.75) is 77.0 Å². The van der Waals surface area contributed by atoms with E-state index in [1.54, 1.807) is 13.8 Å². The minimum Gasteiger partial charge on any atom is -0.350 e. The molecule has 2 aromatic heterocycles. The van der Waals surface area contributed by atoms with Gasteiger partial charge >= 0.3 is 0 Å². The molecule has 4 unspecified atom stereocenters. The number of ether oxygens (including phenoxy) is 2. The molecule has 2 aliphatic heterocycles. The van der Waals surface area contributed by atoms with Gasteiger partial charge in [-0.1, -0.05) is 0 Å². The van der Waals surface area contributed by atoms with Crippen LogP contribution >= 0.6 is 0 Å². The Morgan fingerprint density at radius 1 is 0.750 bits per heavy atom. The van der Waals surface area contributed by atoms with Crippen LogP contribution in [0.4, 0.5) is 0 Å². The number of carbonyl (C=O) groups excluding carboxylic acids is 4. The largest absolute Gasteiger partial charge is 0.350 e. The first-order chi connectivity index (χ1) is 21.1. The van der Waals surface area contributed by atoms with E-state index in [0.717, 1.165) is 35.8 Å². The molecule has 14 heteroatoms. The lowest BCUT2D eigenvalue weighted by atomic mass is 10.1. The van der Waals surface area contributed by atoms with Crippen molar-refractivity contribution in [3.8, 4) is 11.4 Å². The zero-order valence-electron chi connectivity index (χ0n) is 25.5. The zero-order valence-corrected chi connectivity index (χ0v) is 25.5. The standard InChI is InChI=1S/C30H40N6O8/c1-19(29(39)35(3)43-25-9-5-7-15-41-25)33-27(37)21-11-13-31-23(17-21)24-18-22(12-14-32-24)28(38)34-20(2)30(40)36(4)44-26-10-6-8-16-42-26/h11-14,17-20,25-26H,5-10,15-16H2,1-4H3,(H,33,37)(H,34,38). The Kier molecular flexibility index (Phi) is 11.7. The molecule has 0 radical (unpaired) electrons. The topological polar surface area (TPSA) is 162 Å². The van der Waals surface area contributed by atoms with E-state index in [0.29, 0.717) is 37.4 Å². The highest BCUT2D eigenvalue weighted by atomic mass is 16.8.